The quantitative estimate of drug-likeness (QED) is 0.484. The summed E-state index contributed by atoms with van der Waals surface area (Å²) in [5.41, 5.74) is 1.91. The Kier molecular flexibility index (Phi) is 4.81. The van der Waals surface area contributed by atoms with Crippen LogP contribution in [-0.2, 0) is 11.2 Å². The molecular formula is C22H20N4O2S. The van der Waals surface area contributed by atoms with Gasteiger partial charge in [-0.1, -0.05) is 47.6 Å². The third kappa shape index (κ3) is 3.65. The molecule has 3 heterocycles. The molecule has 1 saturated heterocycles. The van der Waals surface area contributed by atoms with Crippen molar-refractivity contribution >= 4 is 27.5 Å². The zero-order valence-electron chi connectivity index (χ0n) is 15.8. The summed E-state index contributed by atoms with van der Waals surface area (Å²) in [4.78, 5) is 24.1. The molecule has 5 rings (SSSR count). The Morgan fingerprint density at radius 1 is 1.10 bits per heavy atom. The molecule has 0 radical (unpaired) electrons. The topological polar surface area (TPSA) is 72.1 Å². The van der Waals surface area contributed by atoms with Gasteiger partial charge in [0.25, 0.3) is 0 Å². The SMILES string of the molecule is O=C(CCc1nc(-c2ccccc2)no1)N1CCCC1c1nc2ccccc2s1. The molecule has 146 valence electrons. The monoisotopic (exact) mass is 404 g/mol. The Balaban J connectivity index is 1.26. The summed E-state index contributed by atoms with van der Waals surface area (Å²) in [5.74, 6) is 1.17. The minimum Gasteiger partial charge on any atom is -0.339 e. The van der Waals surface area contributed by atoms with Crippen molar-refractivity contribution in [3.8, 4) is 11.4 Å². The van der Waals surface area contributed by atoms with E-state index < -0.39 is 0 Å². The molecule has 1 amide bonds. The number of aromatic nitrogens is 3. The maximum Gasteiger partial charge on any atom is 0.227 e. The largest absolute Gasteiger partial charge is 0.339 e. The summed E-state index contributed by atoms with van der Waals surface area (Å²) in [5, 5.41) is 5.06. The van der Waals surface area contributed by atoms with E-state index in [9.17, 15) is 4.79 Å². The minimum atomic E-state index is 0.0717. The molecule has 2 aromatic carbocycles. The van der Waals surface area contributed by atoms with Crippen LogP contribution in [0.25, 0.3) is 21.6 Å². The van der Waals surface area contributed by atoms with E-state index in [4.69, 9.17) is 9.51 Å². The highest BCUT2D eigenvalue weighted by atomic mass is 32.1. The van der Waals surface area contributed by atoms with Crippen LogP contribution in [-0.4, -0.2) is 32.5 Å². The van der Waals surface area contributed by atoms with E-state index in [2.05, 4.69) is 16.2 Å². The fraction of sp³-hybridized carbons (Fsp3) is 0.273. The highest BCUT2D eigenvalue weighted by Crippen LogP contribution is 2.36. The average molecular weight is 404 g/mol. The van der Waals surface area contributed by atoms with Crippen LogP contribution in [0.2, 0.25) is 0 Å². The fourth-order valence-corrected chi connectivity index (χ4v) is 4.89. The van der Waals surface area contributed by atoms with Gasteiger partial charge in [0.1, 0.15) is 5.01 Å². The molecule has 1 atom stereocenters. The van der Waals surface area contributed by atoms with E-state index in [1.165, 1.54) is 4.70 Å². The number of carbonyl (C=O) groups excluding carboxylic acids is 1. The summed E-state index contributed by atoms with van der Waals surface area (Å²) in [7, 11) is 0. The van der Waals surface area contributed by atoms with Crippen LogP contribution in [0.5, 0.6) is 0 Å². The van der Waals surface area contributed by atoms with Gasteiger partial charge >= 0.3 is 0 Å². The highest BCUT2D eigenvalue weighted by Gasteiger charge is 2.32. The first kappa shape index (κ1) is 18.0. The molecule has 0 saturated carbocycles. The van der Waals surface area contributed by atoms with Crippen LogP contribution < -0.4 is 0 Å². The third-order valence-corrected chi connectivity index (χ3v) is 6.36. The Labute approximate surface area is 172 Å². The Morgan fingerprint density at radius 2 is 1.93 bits per heavy atom. The lowest BCUT2D eigenvalue weighted by Gasteiger charge is -2.22. The average Bonchev–Trinajstić information content (AvgIpc) is 3.51. The second-order valence-corrected chi connectivity index (χ2v) is 8.20. The van der Waals surface area contributed by atoms with Gasteiger partial charge in [0.2, 0.25) is 17.6 Å². The van der Waals surface area contributed by atoms with E-state index in [-0.39, 0.29) is 11.9 Å². The number of nitrogens with zero attached hydrogens (tertiary/aromatic N) is 4. The van der Waals surface area contributed by atoms with E-state index in [1.807, 2.05) is 53.4 Å². The standard InChI is InChI=1S/C22H20N4O2S/c27-20(13-12-19-24-21(25-28-19)15-7-2-1-3-8-15)26-14-6-10-17(26)22-23-16-9-4-5-11-18(16)29-22/h1-5,7-9,11,17H,6,10,12-14H2. The van der Waals surface area contributed by atoms with Crippen molar-refractivity contribution in [1.82, 2.24) is 20.0 Å². The zero-order valence-corrected chi connectivity index (χ0v) is 16.6. The molecule has 1 unspecified atom stereocenters. The van der Waals surface area contributed by atoms with Gasteiger partial charge in [0.05, 0.1) is 16.3 Å². The van der Waals surface area contributed by atoms with E-state index in [0.29, 0.717) is 24.6 Å². The molecule has 0 N–H and O–H groups in total. The number of thiazole rings is 1. The van der Waals surface area contributed by atoms with Gasteiger partial charge < -0.3 is 9.42 Å². The van der Waals surface area contributed by atoms with Gasteiger partial charge in [-0.3, -0.25) is 4.79 Å². The number of likely N-dealkylation sites (tertiary alicyclic amines) is 1. The maximum atomic E-state index is 12.9. The first-order chi connectivity index (χ1) is 14.3. The Morgan fingerprint density at radius 3 is 2.79 bits per heavy atom. The molecule has 7 heteroatoms. The molecule has 6 nitrogen and oxygen atoms in total. The first-order valence-electron chi connectivity index (χ1n) is 9.81. The summed E-state index contributed by atoms with van der Waals surface area (Å²) in [6.45, 7) is 0.776. The van der Waals surface area contributed by atoms with E-state index in [1.54, 1.807) is 11.3 Å². The molecule has 1 aliphatic rings. The predicted molar refractivity (Wildman–Crippen MR) is 111 cm³/mol. The number of hydrogen-bond donors (Lipinski definition) is 0. The van der Waals surface area contributed by atoms with Crippen molar-refractivity contribution in [3.05, 3.63) is 65.5 Å². The first-order valence-corrected chi connectivity index (χ1v) is 10.6. The smallest absolute Gasteiger partial charge is 0.227 e. The van der Waals surface area contributed by atoms with Crippen LogP contribution in [0.1, 0.15) is 36.2 Å². The van der Waals surface area contributed by atoms with Crippen molar-refractivity contribution in [2.75, 3.05) is 6.54 Å². The molecular weight excluding hydrogens is 384 g/mol. The summed E-state index contributed by atoms with van der Waals surface area (Å²) < 4.78 is 6.51. The van der Waals surface area contributed by atoms with Gasteiger partial charge in [-0.05, 0) is 25.0 Å². The molecule has 29 heavy (non-hydrogen) atoms. The summed E-state index contributed by atoms with van der Waals surface area (Å²) in [6.07, 6.45) is 2.77. The normalized spacial score (nSPS) is 16.6. The second-order valence-electron chi connectivity index (χ2n) is 7.14. The van der Waals surface area contributed by atoms with Crippen LogP contribution in [0.4, 0.5) is 0 Å². The Hall–Kier alpha value is -3.06. The second kappa shape index (κ2) is 7.75. The van der Waals surface area contributed by atoms with Gasteiger partial charge in [0, 0.05) is 24.9 Å². The van der Waals surface area contributed by atoms with Crippen molar-refractivity contribution < 1.29 is 9.32 Å². The summed E-state index contributed by atoms with van der Waals surface area (Å²) in [6, 6.07) is 17.9. The van der Waals surface area contributed by atoms with E-state index >= 15 is 0 Å². The summed E-state index contributed by atoms with van der Waals surface area (Å²) >= 11 is 1.69. The number of benzene rings is 2. The number of para-hydroxylation sites is 1. The lowest BCUT2D eigenvalue weighted by atomic mass is 10.2. The number of fused-ring (bicyclic) bond motifs is 1. The van der Waals surface area contributed by atoms with Crippen LogP contribution in [0.3, 0.4) is 0 Å². The van der Waals surface area contributed by atoms with Crippen LogP contribution in [0.15, 0.2) is 59.1 Å². The zero-order chi connectivity index (χ0) is 19.6. The van der Waals surface area contributed by atoms with Crippen molar-refractivity contribution in [3.63, 3.8) is 0 Å². The van der Waals surface area contributed by atoms with E-state index in [0.717, 1.165) is 35.5 Å². The number of hydrogen-bond acceptors (Lipinski definition) is 6. The van der Waals surface area contributed by atoms with Gasteiger partial charge in [-0.25, -0.2) is 4.98 Å². The van der Waals surface area contributed by atoms with Crippen molar-refractivity contribution in [1.29, 1.82) is 0 Å². The van der Waals surface area contributed by atoms with Gasteiger partial charge in [0.15, 0.2) is 0 Å². The fourth-order valence-electron chi connectivity index (χ4n) is 3.77. The minimum absolute atomic E-state index is 0.0717. The molecule has 1 aliphatic heterocycles. The lowest BCUT2D eigenvalue weighted by Crippen LogP contribution is -2.30. The molecule has 0 spiro atoms. The van der Waals surface area contributed by atoms with Crippen molar-refractivity contribution in [2.45, 2.75) is 31.7 Å². The van der Waals surface area contributed by atoms with Crippen molar-refractivity contribution in [2.24, 2.45) is 0 Å². The molecule has 0 aliphatic carbocycles. The number of carbonyl (C=O) groups is 1. The van der Waals surface area contributed by atoms with Gasteiger partial charge in [-0.15, -0.1) is 11.3 Å². The molecule has 4 aromatic rings. The molecule has 1 fully saturated rings. The lowest BCUT2D eigenvalue weighted by molar-refractivity contribution is -0.132. The Bertz CT molecular complexity index is 1100. The third-order valence-electron chi connectivity index (χ3n) is 5.22. The van der Waals surface area contributed by atoms with Crippen LogP contribution in [0, 0.1) is 0 Å². The number of aryl methyl sites for hydroxylation is 1. The highest BCUT2D eigenvalue weighted by molar-refractivity contribution is 7.18. The maximum absolute atomic E-state index is 12.9. The van der Waals surface area contributed by atoms with Crippen LogP contribution >= 0.6 is 11.3 Å². The number of amides is 1. The molecule has 0 bridgehead atoms. The molecule has 2 aromatic heterocycles. The van der Waals surface area contributed by atoms with Gasteiger partial charge in [-0.2, -0.15) is 4.98 Å². The predicted octanol–water partition coefficient (Wildman–Crippen LogP) is 4.64. The number of rotatable bonds is 5.